The van der Waals surface area contributed by atoms with Crippen molar-refractivity contribution in [1.82, 2.24) is 9.88 Å². The molecule has 0 bridgehead atoms. The van der Waals surface area contributed by atoms with Crippen LogP contribution >= 0.6 is 0 Å². The summed E-state index contributed by atoms with van der Waals surface area (Å²) in [5.41, 5.74) is 2.16. The molecular weight excluding hydrogens is 240 g/mol. The molecule has 2 rings (SSSR count). The van der Waals surface area contributed by atoms with Crippen LogP contribution in [-0.4, -0.2) is 28.9 Å². The number of oxazole rings is 1. The number of rotatable bonds is 5. The van der Waals surface area contributed by atoms with E-state index in [0.29, 0.717) is 11.5 Å². The minimum Gasteiger partial charge on any atom is -0.441 e. The van der Waals surface area contributed by atoms with Gasteiger partial charge in [-0.3, -0.25) is 4.79 Å². The Morgan fingerprint density at radius 1 is 1.26 bits per heavy atom. The lowest BCUT2D eigenvalue weighted by Gasteiger charge is -2.21. The van der Waals surface area contributed by atoms with Crippen LogP contribution < -0.4 is 0 Å². The Labute approximate surface area is 113 Å². The van der Waals surface area contributed by atoms with E-state index in [4.69, 9.17) is 4.42 Å². The van der Waals surface area contributed by atoms with E-state index in [1.807, 2.05) is 30.0 Å². The third kappa shape index (κ3) is 2.95. The molecule has 1 heterocycles. The highest BCUT2D eigenvalue weighted by molar-refractivity contribution is 5.97. The Hall–Kier alpha value is -1.84. The predicted octanol–water partition coefficient (Wildman–Crippen LogP) is 3.40. The van der Waals surface area contributed by atoms with Crippen LogP contribution in [-0.2, 0) is 0 Å². The number of carbonyl (C=O) groups is 1. The van der Waals surface area contributed by atoms with E-state index in [0.717, 1.165) is 37.0 Å². The molecule has 0 radical (unpaired) electrons. The smallest absolute Gasteiger partial charge is 0.253 e. The summed E-state index contributed by atoms with van der Waals surface area (Å²) in [4.78, 5) is 18.6. The van der Waals surface area contributed by atoms with Crippen LogP contribution in [0.1, 0.15) is 42.9 Å². The molecule has 102 valence electrons. The quantitative estimate of drug-likeness (QED) is 0.827. The van der Waals surface area contributed by atoms with Crippen LogP contribution in [0, 0.1) is 6.92 Å². The Kier molecular flexibility index (Phi) is 4.20. The molecule has 0 fully saturated rings. The second kappa shape index (κ2) is 5.87. The summed E-state index contributed by atoms with van der Waals surface area (Å²) in [5.74, 6) is 0.699. The molecule has 0 saturated heterocycles. The highest BCUT2D eigenvalue weighted by Crippen LogP contribution is 2.18. The predicted molar refractivity (Wildman–Crippen MR) is 75.2 cm³/mol. The summed E-state index contributed by atoms with van der Waals surface area (Å²) in [7, 11) is 0. The highest BCUT2D eigenvalue weighted by Gasteiger charge is 2.15. The van der Waals surface area contributed by atoms with E-state index >= 15 is 0 Å². The van der Waals surface area contributed by atoms with Crippen molar-refractivity contribution in [3.8, 4) is 0 Å². The lowest BCUT2D eigenvalue weighted by Crippen LogP contribution is -2.32. The minimum absolute atomic E-state index is 0.0752. The number of carbonyl (C=O) groups excluding carboxylic acids is 1. The van der Waals surface area contributed by atoms with E-state index in [-0.39, 0.29) is 5.91 Å². The van der Waals surface area contributed by atoms with Gasteiger partial charge in [-0.1, -0.05) is 13.8 Å². The maximum Gasteiger partial charge on any atom is 0.253 e. The molecule has 0 atom stereocenters. The molecule has 4 heteroatoms. The standard InChI is InChI=1S/C15H20N2O2/c1-4-8-17(9-5-2)15(18)12-6-7-14-13(10-12)16-11(3)19-14/h6-7,10H,4-5,8-9H2,1-3H3. The molecule has 0 unspecified atom stereocenters. The molecule has 0 spiro atoms. The average molecular weight is 260 g/mol. The van der Waals surface area contributed by atoms with Gasteiger partial charge < -0.3 is 9.32 Å². The summed E-state index contributed by atoms with van der Waals surface area (Å²) in [5, 5.41) is 0. The molecule has 0 aliphatic rings. The van der Waals surface area contributed by atoms with Crippen LogP contribution in [0.4, 0.5) is 0 Å². The molecular formula is C15H20N2O2. The Bertz CT molecular complexity index is 569. The van der Waals surface area contributed by atoms with Crippen molar-refractivity contribution in [3.63, 3.8) is 0 Å². The van der Waals surface area contributed by atoms with Crippen molar-refractivity contribution in [2.24, 2.45) is 0 Å². The maximum atomic E-state index is 12.4. The van der Waals surface area contributed by atoms with E-state index in [1.54, 1.807) is 0 Å². The van der Waals surface area contributed by atoms with E-state index < -0.39 is 0 Å². The fourth-order valence-electron chi connectivity index (χ4n) is 2.21. The number of nitrogens with zero attached hydrogens (tertiary/aromatic N) is 2. The van der Waals surface area contributed by atoms with E-state index in [9.17, 15) is 4.79 Å². The third-order valence-corrected chi connectivity index (χ3v) is 3.02. The summed E-state index contributed by atoms with van der Waals surface area (Å²) < 4.78 is 5.42. The first kappa shape index (κ1) is 13.6. The number of amides is 1. The SMILES string of the molecule is CCCN(CCC)C(=O)c1ccc2oc(C)nc2c1. The number of hydrogen-bond acceptors (Lipinski definition) is 3. The van der Waals surface area contributed by atoms with Crippen LogP contribution in [0.5, 0.6) is 0 Å². The normalized spacial score (nSPS) is 10.9. The van der Waals surface area contributed by atoms with Crippen molar-refractivity contribution < 1.29 is 9.21 Å². The molecule has 2 aromatic rings. The molecule has 0 aliphatic heterocycles. The summed E-state index contributed by atoms with van der Waals surface area (Å²) >= 11 is 0. The lowest BCUT2D eigenvalue weighted by atomic mass is 10.1. The van der Waals surface area contributed by atoms with Crippen molar-refractivity contribution in [3.05, 3.63) is 29.7 Å². The highest BCUT2D eigenvalue weighted by atomic mass is 16.3. The molecule has 4 nitrogen and oxygen atoms in total. The Balaban J connectivity index is 2.28. The molecule has 0 N–H and O–H groups in total. The fourth-order valence-corrected chi connectivity index (χ4v) is 2.21. The molecule has 1 aromatic heterocycles. The topological polar surface area (TPSA) is 46.3 Å². The summed E-state index contributed by atoms with van der Waals surface area (Å²) in [6.45, 7) is 7.56. The number of fused-ring (bicyclic) bond motifs is 1. The monoisotopic (exact) mass is 260 g/mol. The van der Waals surface area contributed by atoms with Crippen LogP contribution in [0.3, 0.4) is 0 Å². The van der Waals surface area contributed by atoms with Gasteiger partial charge in [0.2, 0.25) is 0 Å². The van der Waals surface area contributed by atoms with Crippen LogP contribution in [0.25, 0.3) is 11.1 Å². The van der Waals surface area contributed by atoms with Crippen molar-refractivity contribution >= 4 is 17.0 Å². The van der Waals surface area contributed by atoms with Gasteiger partial charge in [0.05, 0.1) is 0 Å². The number of aryl methyl sites for hydroxylation is 1. The van der Waals surface area contributed by atoms with Crippen LogP contribution in [0.2, 0.25) is 0 Å². The number of hydrogen-bond donors (Lipinski definition) is 0. The Morgan fingerprint density at radius 3 is 2.58 bits per heavy atom. The average Bonchev–Trinajstić information content (AvgIpc) is 2.76. The number of benzene rings is 1. The van der Waals surface area contributed by atoms with Crippen molar-refractivity contribution in [2.75, 3.05) is 13.1 Å². The fraction of sp³-hybridized carbons (Fsp3) is 0.467. The largest absolute Gasteiger partial charge is 0.441 e. The van der Waals surface area contributed by atoms with Crippen molar-refractivity contribution in [2.45, 2.75) is 33.6 Å². The first-order valence-electron chi connectivity index (χ1n) is 6.82. The minimum atomic E-state index is 0.0752. The van der Waals surface area contributed by atoms with Gasteiger partial charge in [-0.05, 0) is 31.0 Å². The number of aromatic nitrogens is 1. The van der Waals surface area contributed by atoms with Crippen LogP contribution in [0.15, 0.2) is 22.6 Å². The van der Waals surface area contributed by atoms with Gasteiger partial charge in [-0.2, -0.15) is 0 Å². The van der Waals surface area contributed by atoms with Crippen molar-refractivity contribution in [1.29, 1.82) is 0 Å². The first-order valence-corrected chi connectivity index (χ1v) is 6.82. The van der Waals surface area contributed by atoms with Gasteiger partial charge >= 0.3 is 0 Å². The molecule has 0 aliphatic carbocycles. The molecule has 1 amide bonds. The second-order valence-electron chi connectivity index (χ2n) is 4.71. The molecule has 19 heavy (non-hydrogen) atoms. The second-order valence-corrected chi connectivity index (χ2v) is 4.71. The zero-order valence-electron chi connectivity index (χ0n) is 11.8. The lowest BCUT2D eigenvalue weighted by molar-refractivity contribution is 0.0755. The first-order chi connectivity index (χ1) is 9.15. The molecule has 0 saturated carbocycles. The zero-order chi connectivity index (χ0) is 13.8. The van der Waals surface area contributed by atoms with Gasteiger partial charge in [0.1, 0.15) is 5.52 Å². The van der Waals surface area contributed by atoms with Gasteiger partial charge in [-0.25, -0.2) is 4.98 Å². The Morgan fingerprint density at radius 2 is 1.95 bits per heavy atom. The zero-order valence-corrected chi connectivity index (χ0v) is 11.8. The van der Waals surface area contributed by atoms with Gasteiger partial charge in [-0.15, -0.1) is 0 Å². The molecule has 1 aromatic carbocycles. The maximum absolute atomic E-state index is 12.4. The summed E-state index contributed by atoms with van der Waals surface area (Å²) in [6.07, 6.45) is 1.94. The van der Waals surface area contributed by atoms with E-state index in [1.165, 1.54) is 0 Å². The van der Waals surface area contributed by atoms with Gasteiger partial charge in [0.25, 0.3) is 5.91 Å². The van der Waals surface area contributed by atoms with Gasteiger partial charge in [0, 0.05) is 25.6 Å². The van der Waals surface area contributed by atoms with E-state index in [2.05, 4.69) is 18.8 Å². The third-order valence-electron chi connectivity index (χ3n) is 3.02. The summed E-state index contributed by atoms with van der Waals surface area (Å²) in [6, 6.07) is 5.44. The van der Waals surface area contributed by atoms with Gasteiger partial charge in [0.15, 0.2) is 11.5 Å².